The maximum Gasteiger partial charge on any atom is 0.126 e. The highest BCUT2D eigenvalue weighted by molar-refractivity contribution is 7.13. The van der Waals surface area contributed by atoms with E-state index in [-0.39, 0.29) is 6.04 Å². The lowest BCUT2D eigenvalue weighted by atomic mass is 10.3. The lowest BCUT2D eigenvalue weighted by molar-refractivity contribution is 0.603. The van der Waals surface area contributed by atoms with Crippen molar-refractivity contribution in [2.75, 3.05) is 0 Å². The Morgan fingerprint density at radius 2 is 2.38 bits per heavy atom. The summed E-state index contributed by atoms with van der Waals surface area (Å²) < 4.78 is 1.95. The van der Waals surface area contributed by atoms with Gasteiger partial charge in [0, 0.05) is 29.7 Å². The number of hydrogen-bond donors (Lipinski definition) is 1. The van der Waals surface area contributed by atoms with Gasteiger partial charge in [0.15, 0.2) is 0 Å². The van der Waals surface area contributed by atoms with E-state index in [9.17, 15) is 0 Å². The van der Waals surface area contributed by atoms with Crippen LogP contribution in [0.2, 0.25) is 0 Å². The average molecular weight is 236 g/mol. The molecule has 2 aromatic heterocycles. The quantitative estimate of drug-likeness (QED) is 0.887. The van der Waals surface area contributed by atoms with Gasteiger partial charge in [0.05, 0.1) is 11.9 Å². The maximum absolute atomic E-state index is 5.78. The second kappa shape index (κ2) is 4.76. The summed E-state index contributed by atoms with van der Waals surface area (Å²) in [5, 5.41) is 7.29. The van der Waals surface area contributed by atoms with Crippen LogP contribution in [0.15, 0.2) is 17.8 Å². The summed E-state index contributed by atoms with van der Waals surface area (Å²) in [6.45, 7) is 5.03. The van der Waals surface area contributed by atoms with Crippen LogP contribution in [0.4, 0.5) is 0 Å². The molecule has 0 aliphatic heterocycles. The molecule has 86 valence electrons. The molecule has 0 saturated carbocycles. The van der Waals surface area contributed by atoms with Crippen LogP contribution in [0.1, 0.15) is 32.0 Å². The van der Waals surface area contributed by atoms with Gasteiger partial charge in [0.1, 0.15) is 5.01 Å². The largest absolute Gasteiger partial charge is 0.323 e. The topological polar surface area (TPSA) is 56.7 Å². The van der Waals surface area contributed by atoms with Crippen molar-refractivity contribution in [3.05, 3.63) is 23.5 Å². The van der Waals surface area contributed by atoms with Gasteiger partial charge in [-0.3, -0.25) is 4.68 Å². The zero-order valence-electron chi connectivity index (χ0n) is 9.55. The molecule has 5 heteroatoms. The first-order valence-corrected chi connectivity index (χ1v) is 6.32. The van der Waals surface area contributed by atoms with Crippen molar-refractivity contribution in [2.24, 2.45) is 5.73 Å². The molecule has 2 rings (SSSR count). The van der Waals surface area contributed by atoms with Crippen molar-refractivity contribution in [3.8, 4) is 10.6 Å². The highest BCUT2D eigenvalue weighted by atomic mass is 32.1. The van der Waals surface area contributed by atoms with Crippen LogP contribution in [-0.4, -0.2) is 14.8 Å². The van der Waals surface area contributed by atoms with Crippen LogP contribution in [0.5, 0.6) is 0 Å². The fourth-order valence-corrected chi connectivity index (χ4v) is 2.35. The van der Waals surface area contributed by atoms with Gasteiger partial charge in [-0.1, -0.05) is 6.92 Å². The lowest BCUT2D eigenvalue weighted by Gasteiger charge is -1.97. The Morgan fingerprint density at radius 1 is 1.56 bits per heavy atom. The van der Waals surface area contributed by atoms with Gasteiger partial charge in [-0.05, 0) is 13.3 Å². The van der Waals surface area contributed by atoms with Gasteiger partial charge in [0.2, 0.25) is 0 Å². The summed E-state index contributed by atoms with van der Waals surface area (Å²) in [4.78, 5) is 4.49. The molecule has 0 saturated heterocycles. The molecule has 4 nitrogen and oxygen atoms in total. The Balaban J connectivity index is 2.21. The van der Waals surface area contributed by atoms with Crippen molar-refractivity contribution in [1.29, 1.82) is 0 Å². The van der Waals surface area contributed by atoms with Gasteiger partial charge in [-0.25, -0.2) is 4.98 Å². The van der Waals surface area contributed by atoms with Gasteiger partial charge in [0.25, 0.3) is 0 Å². The first kappa shape index (κ1) is 11.3. The molecule has 1 atom stereocenters. The van der Waals surface area contributed by atoms with Crippen LogP contribution in [-0.2, 0) is 6.54 Å². The van der Waals surface area contributed by atoms with Crippen LogP contribution < -0.4 is 5.73 Å². The molecule has 0 aromatic carbocycles. The normalized spacial score (nSPS) is 12.9. The Labute approximate surface area is 99.1 Å². The summed E-state index contributed by atoms with van der Waals surface area (Å²) in [6, 6.07) is -0.00399. The third kappa shape index (κ3) is 2.31. The zero-order chi connectivity index (χ0) is 11.5. The number of thiazole rings is 1. The number of rotatable bonds is 4. The van der Waals surface area contributed by atoms with Crippen molar-refractivity contribution in [1.82, 2.24) is 14.8 Å². The van der Waals surface area contributed by atoms with E-state index in [1.165, 1.54) is 0 Å². The van der Waals surface area contributed by atoms with E-state index >= 15 is 0 Å². The molecule has 2 heterocycles. The van der Waals surface area contributed by atoms with E-state index in [0.717, 1.165) is 29.2 Å². The lowest BCUT2D eigenvalue weighted by Crippen LogP contribution is -2.04. The molecular formula is C11H16N4S. The van der Waals surface area contributed by atoms with E-state index in [1.54, 1.807) is 11.3 Å². The first-order chi connectivity index (χ1) is 7.70. The van der Waals surface area contributed by atoms with Crippen molar-refractivity contribution in [3.63, 3.8) is 0 Å². The van der Waals surface area contributed by atoms with Gasteiger partial charge < -0.3 is 5.73 Å². The SMILES string of the molecule is CCCn1cc(-c2nc(C(C)N)cs2)cn1. The third-order valence-corrected chi connectivity index (χ3v) is 3.23. The van der Waals surface area contributed by atoms with E-state index in [0.29, 0.717) is 0 Å². The van der Waals surface area contributed by atoms with Crippen LogP contribution in [0.25, 0.3) is 10.6 Å². The van der Waals surface area contributed by atoms with Crippen molar-refractivity contribution < 1.29 is 0 Å². The number of nitrogens with two attached hydrogens (primary N) is 1. The van der Waals surface area contributed by atoms with Crippen LogP contribution in [0.3, 0.4) is 0 Å². The molecule has 1 unspecified atom stereocenters. The molecular weight excluding hydrogens is 220 g/mol. The summed E-state index contributed by atoms with van der Waals surface area (Å²) in [5.41, 5.74) is 7.80. The predicted octanol–water partition coefficient (Wildman–Crippen LogP) is 2.44. The first-order valence-electron chi connectivity index (χ1n) is 5.44. The van der Waals surface area contributed by atoms with Crippen molar-refractivity contribution in [2.45, 2.75) is 32.9 Å². The molecule has 0 spiro atoms. The fourth-order valence-electron chi connectivity index (χ4n) is 1.45. The monoisotopic (exact) mass is 236 g/mol. The standard InChI is InChI=1S/C11H16N4S/c1-3-4-15-6-9(5-13-15)11-14-10(7-16-11)8(2)12/h5-8H,3-4,12H2,1-2H3. The second-order valence-electron chi connectivity index (χ2n) is 3.86. The van der Waals surface area contributed by atoms with Crippen molar-refractivity contribution >= 4 is 11.3 Å². The van der Waals surface area contributed by atoms with E-state index in [2.05, 4.69) is 17.0 Å². The van der Waals surface area contributed by atoms with E-state index in [4.69, 9.17) is 5.73 Å². The second-order valence-corrected chi connectivity index (χ2v) is 4.72. The number of hydrogen-bond acceptors (Lipinski definition) is 4. The molecule has 2 N–H and O–H groups in total. The number of aryl methyl sites for hydroxylation is 1. The molecule has 0 fully saturated rings. The third-order valence-electron chi connectivity index (χ3n) is 2.32. The summed E-state index contributed by atoms with van der Waals surface area (Å²) >= 11 is 1.62. The van der Waals surface area contributed by atoms with Gasteiger partial charge in [-0.2, -0.15) is 5.10 Å². The summed E-state index contributed by atoms with van der Waals surface area (Å²) in [6.07, 6.45) is 4.98. The smallest absolute Gasteiger partial charge is 0.126 e. The number of nitrogens with zero attached hydrogens (tertiary/aromatic N) is 3. The van der Waals surface area contributed by atoms with Crippen LogP contribution in [0, 0.1) is 0 Å². The van der Waals surface area contributed by atoms with Gasteiger partial charge in [-0.15, -0.1) is 11.3 Å². The van der Waals surface area contributed by atoms with E-state index in [1.807, 2.05) is 29.4 Å². The fraction of sp³-hybridized carbons (Fsp3) is 0.455. The molecule has 0 radical (unpaired) electrons. The Bertz CT molecular complexity index is 458. The minimum atomic E-state index is -0.00399. The summed E-state index contributed by atoms with van der Waals surface area (Å²) in [5.74, 6) is 0. The average Bonchev–Trinajstić information content (AvgIpc) is 2.84. The Hall–Kier alpha value is -1.20. The molecule has 0 aliphatic carbocycles. The van der Waals surface area contributed by atoms with Gasteiger partial charge >= 0.3 is 0 Å². The molecule has 16 heavy (non-hydrogen) atoms. The summed E-state index contributed by atoms with van der Waals surface area (Å²) in [7, 11) is 0. The molecule has 0 bridgehead atoms. The highest BCUT2D eigenvalue weighted by Gasteiger charge is 2.09. The zero-order valence-corrected chi connectivity index (χ0v) is 10.4. The molecule has 2 aromatic rings. The maximum atomic E-state index is 5.78. The number of aromatic nitrogens is 3. The van der Waals surface area contributed by atoms with E-state index < -0.39 is 0 Å². The Morgan fingerprint density at radius 3 is 3.00 bits per heavy atom. The van der Waals surface area contributed by atoms with Crippen LogP contribution >= 0.6 is 11.3 Å². The minimum absolute atomic E-state index is 0.00399. The predicted molar refractivity (Wildman–Crippen MR) is 66.2 cm³/mol. The Kier molecular flexibility index (Phi) is 3.36. The minimum Gasteiger partial charge on any atom is -0.323 e. The molecule has 0 amide bonds. The molecule has 0 aliphatic rings. The highest BCUT2D eigenvalue weighted by Crippen LogP contribution is 2.25.